The van der Waals surface area contributed by atoms with Gasteiger partial charge in [-0.1, -0.05) is 0 Å². The van der Waals surface area contributed by atoms with Crippen LogP contribution >= 0.6 is 0 Å². The predicted molar refractivity (Wildman–Crippen MR) is 104 cm³/mol. The second kappa shape index (κ2) is 6.29. The van der Waals surface area contributed by atoms with Crippen molar-refractivity contribution < 1.29 is 4.39 Å². The third-order valence-corrected chi connectivity index (χ3v) is 5.02. The molecular formula is C19H19FN8. The molecule has 8 nitrogen and oxygen atoms in total. The third-order valence-electron chi connectivity index (χ3n) is 5.02. The van der Waals surface area contributed by atoms with E-state index in [1.54, 1.807) is 6.20 Å². The van der Waals surface area contributed by atoms with Gasteiger partial charge in [0.25, 0.3) is 0 Å². The van der Waals surface area contributed by atoms with E-state index in [1.807, 2.05) is 37.4 Å². The van der Waals surface area contributed by atoms with Gasteiger partial charge in [-0.2, -0.15) is 10.1 Å². The molecule has 5 rings (SSSR count). The average molecular weight is 378 g/mol. The van der Waals surface area contributed by atoms with Crippen molar-refractivity contribution in [1.82, 2.24) is 30.1 Å². The Morgan fingerprint density at radius 2 is 2.14 bits per heavy atom. The van der Waals surface area contributed by atoms with Crippen LogP contribution in [0.15, 0.2) is 36.7 Å². The molecule has 3 atom stereocenters. The topological polar surface area (TPSA) is 121 Å². The smallest absolute Gasteiger partial charge is 0.225 e. The number of pyridine rings is 1. The highest BCUT2D eigenvalue weighted by molar-refractivity contribution is 5.75. The number of hydrogen-bond acceptors (Lipinski definition) is 6. The van der Waals surface area contributed by atoms with E-state index in [4.69, 9.17) is 5.73 Å². The molecular weight excluding hydrogens is 359 g/mol. The summed E-state index contributed by atoms with van der Waals surface area (Å²) in [6.45, 7) is 1.98. The molecule has 4 heterocycles. The highest BCUT2D eigenvalue weighted by atomic mass is 19.1. The second-order valence-electron chi connectivity index (χ2n) is 7.07. The molecule has 0 unspecified atom stereocenters. The molecule has 0 aliphatic heterocycles. The van der Waals surface area contributed by atoms with Gasteiger partial charge in [-0.15, -0.1) is 0 Å². The zero-order chi connectivity index (χ0) is 19.3. The Kier molecular flexibility index (Phi) is 3.75. The highest BCUT2D eigenvalue weighted by Crippen LogP contribution is 2.43. The molecule has 1 fully saturated rings. The van der Waals surface area contributed by atoms with Gasteiger partial charge < -0.3 is 16.0 Å². The number of rotatable bonds is 5. The summed E-state index contributed by atoms with van der Waals surface area (Å²) in [4.78, 5) is 16.5. The number of nitrogens with zero attached hydrogens (tertiary/aromatic N) is 4. The van der Waals surface area contributed by atoms with Gasteiger partial charge in [0.15, 0.2) is 0 Å². The van der Waals surface area contributed by atoms with Gasteiger partial charge in [0, 0.05) is 24.0 Å². The van der Waals surface area contributed by atoms with Crippen LogP contribution < -0.4 is 11.1 Å². The zero-order valence-electron chi connectivity index (χ0n) is 15.1. The molecule has 5 N–H and O–H groups in total. The number of H-pyrrole nitrogens is 2. The average Bonchev–Trinajstić information content (AvgIpc) is 3.10. The molecule has 1 aliphatic carbocycles. The van der Waals surface area contributed by atoms with E-state index < -0.39 is 6.17 Å². The Balaban J connectivity index is 1.34. The molecule has 9 heteroatoms. The van der Waals surface area contributed by atoms with E-state index in [1.165, 1.54) is 0 Å². The second-order valence-corrected chi connectivity index (χ2v) is 7.07. The fourth-order valence-corrected chi connectivity index (χ4v) is 3.27. The maximum absolute atomic E-state index is 13.2. The summed E-state index contributed by atoms with van der Waals surface area (Å²) in [5.41, 5.74) is 10.9. The Morgan fingerprint density at radius 1 is 1.29 bits per heavy atom. The minimum atomic E-state index is -0.783. The lowest BCUT2D eigenvalue weighted by molar-refractivity contribution is 0.466. The number of nitrogens with one attached hydrogen (secondary N) is 3. The first-order valence-corrected chi connectivity index (χ1v) is 9.11. The van der Waals surface area contributed by atoms with Crippen molar-refractivity contribution in [1.29, 1.82) is 0 Å². The molecule has 0 spiro atoms. The van der Waals surface area contributed by atoms with Crippen molar-refractivity contribution in [3.8, 4) is 11.3 Å². The Labute approximate surface area is 159 Å². The molecule has 0 amide bonds. The van der Waals surface area contributed by atoms with Crippen LogP contribution in [0.2, 0.25) is 0 Å². The number of anilines is 2. The van der Waals surface area contributed by atoms with Crippen molar-refractivity contribution in [2.24, 2.45) is 0 Å². The van der Waals surface area contributed by atoms with E-state index in [9.17, 15) is 4.39 Å². The molecule has 1 saturated carbocycles. The molecule has 1 aliphatic rings. The number of fused-ring (bicyclic) bond motifs is 1. The van der Waals surface area contributed by atoms with Gasteiger partial charge in [0.2, 0.25) is 5.95 Å². The van der Waals surface area contributed by atoms with E-state index in [0.717, 1.165) is 22.4 Å². The lowest BCUT2D eigenvalue weighted by Crippen LogP contribution is -2.12. The fraction of sp³-hybridized carbons (Fsp3) is 0.263. The first-order chi connectivity index (χ1) is 13.6. The van der Waals surface area contributed by atoms with Gasteiger partial charge in [-0.3, -0.25) is 5.10 Å². The molecule has 0 saturated heterocycles. The van der Waals surface area contributed by atoms with Crippen molar-refractivity contribution in [3.05, 3.63) is 48.0 Å². The SMILES string of the molecule is C[C@H](Nc1ncc(-c2cc([C@H]3C[C@H]3F)[nH]n2)c(N)n1)c1ccc2[nH]ccc2n1. The van der Waals surface area contributed by atoms with Crippen LogP contribution in [-0.2, 0) is 0 Å². The van der Waals surface area contributed by atoms with Gasteiger partial charge in [-0.25, -0.2) is 14.4 Å². The summed E-state index contributed by atoms with van der Waals surface area (Å²) in [6.07, 6.45) is 3.24. The highest BCUT2D eigenvalue weighted by Gasteiger charge is 2.40. The van der Waals surface area contributed by atoms with Gasteiger partial charge in [0.05, 0.1) is 34.0 Å². The van der Waals surface area contributed by atoms with Crippen LogP contribution in [0, 0.1) is 0 Å². The van der Waals surface area contributed by atoms with E-state index in [-0.39, 0.29) is 12.0 Å². The van der Waals surface area contributed by atoms with Crippen molar-refractivity contribution in [2.45, 2.75) is 31.5 Å². The lowest BCUT2D eigenvalue weighted by atomic mass is 10.2. The molecule has 28 heavy (non-hydrogen) atoms. The normalized spacial score (nSPS) is 19.6. The number of nitrogen functional groups attached to an aromatic ring is 1. The minimum Gasteiger partial charge on any atom is -0.383 e. The summed E-state index contributed by atoms with van der Waals surface area (Å²) in [5, 5.41) is 10.3. The minimum absolute atomic E-state index is 0.0879. The quantitative estimate of drug-likeness (QED) is 0.423. The van der Waals surface area contributed by atoms with Crippen molar-refractivity contribution >= 4 is 22.8 Å². The summed E-state index contributed by atoms with van der Waals surface area (Å²) >= 11 is 0. The van der Waals surface area contributed by atoms with Gasteiger partial charge in [-0.05, 0) is 37.6 Å². The van der Waals surface area contributed by atoms with Crippen LogP contribution in [-0.4, -0.2) is 36.3 Å². The Hall–Kier alpha value is -3.49. The number of aromatic amines is 2. The summed E-state index contributed by atoms with van der Waals surface area (Å²) in [5.74, 6) is 0.630. The van der Waals surface area contributed by atoms with Crippen LogP contribution in [0.4, 0.5) is 16.2 Å². The molecule has 0 bridgehead atoms. The molecule has 142 valence electrons. The number of nitrogens with two attached hydrogens (primary N) is 1. The largest absolute Gasteiger partial charge is 0.383 e. The summed E-state index contributed by atoms with van der Waals surface area (Å²) < 4.78 is 13.2. The third kappa shape index (κ3) is 2.94. The molecule has 4 aromatic rings. The van der Waals surface area contributed by atoms with Crippen LogP contribution in [0.1, 0.15) is 36.7 Å². The maximum atomic E-state index is 13.2. The number of halogens is 1. The van der Waals surface area contributed by atoms with Crippen LogP contribution in [0.25, 0.3) is 22.3 Å². The first kappa shape index (κ1) is 16.7. The standard InChI is InChI=1S/C19H19FN8/c1-9(13-2-3-14-15(25-13)4-5-22-14)24-19-23-8-11(18(21)26-19)17-7-16(27-28-17)10-6-12(10)20/h2-5,7-10,12,22H,6H2,1H3,(H,27,28)(H3,21,23,24,26)/t9-,10-,12+/m0/s1. The van der Waals surface area contributed by atoms with E-state index >= 15 is 0 Å². The van der Waals surface area contributed by atoms with Crippen molar-refractivity contribution in [2.75, 3.05) is 11.1 Å². The molecule has 0 aromatic carbocycles. The maximum Gasteiger partial charge on any atom is 0.225 e. The van der Waals surface area contributed by atoms with E-state index in [0.29, 0.717) is 29.4 Å². The Morgan fingerprint density at radius 3 is 2.93 bits per heavy atom. The van der Waals surface area contributed by atoms with Gasteiger partial charge >= 0.3 is 0 Å². The number of aromatic nitrogens is 6. The van der Waals surface area contributed by atoms with Crippen molar-refractivity contribution in [3.63, 3.8) is 0 Å². The van der Waals surface area contributed by atoms with E-state index in [2.05, 4.69) is 35.5 Å². The fourth-order valence-electron chi connectivity index (χ4n) is 3.27. The van der Waals surface area contributed by atoms with Crippen LogP contribution in [0.3, 0.4) is 0 Å². The lowest BCUT2D eigenvalue weighted by Gasteiger charge is -2.14. The zero-order valence-corrected chi connectivity index (χ0v) is 15.1. The molecule has 0 radical (unpaired) electrons. The number of hydrogen-bond donors (Lipinski definition) is 4. The van der Waals surface area contributed by atoms with Gasteiger partial charge in [0.1, 0.15) is 12.0 Å². The molecule has 4 aromatic heterocycles. The Bertz CT molecular complexity index is 1150. The summed E-state index contributed by atoms with van der Waals surface area (Å²) in [7, 11) is 0. The van der Waals surface area contributed by atoms with Crippen LogP contribution in [0.5, 0.6) is 0 Å². The summed E-state index contributed by atoms with van der Waals surface area (Å²) in [6, 6.07) is 7.59. The predicted octanol–water partition coefficient (Wildman–Crippen LogP) is 3.32. The number of alkyl halides is 1. The first-order valence-electron chi connectivity index (χ1n) is 9.11. The monoisotopic (exact) mass is 378 g/mol.